The van der Waals surface area contributed by atoms with Crippen molar-refractivity contribution in [1.82, 2.24) is 29.5 Å². The molecule has 1 N–H and O–H groups in total. The summed E-state index contributed by atoms with van der Waals surface area (Å²) in [5.74, 6) is 7.10. The van der Waals surface area contributed by atoms with Crippen molar-refractivity contribution in [2.75, 3.05) is 31.5 Å². The van der Waals surface area contributed by atoms with E-state index in [9.17, 15) is 9.59 Å². The molecule has 0 unspecified atom stereocenters. The normalized spacial score (nSPS) is 16.8. The highest BCUT2D eigenvalue weighted by Gasteiger charge is 2.31. The fourth-order valence-electron chi connectivity index (χ4n) is 5.32. The first kappa shape index (κ1) is 30.5. The molecule has 0 radical (unpaired) electrons. The topological polar surface area (TPSA) is 115 Å². The van der Waals surface area contributed by atoms with Crippen LogP contribution in [-0.4, -0.2) is 79.4 Å². The number of nitrogens with one attached hydrogen (secondary N) is 1. The number of nitrogens with zero attached hydrogens (tertiary/aromatic N) is 6. The van der Waals surface area contributed by atoms with Crippen molar-refractivity contribution in [3.05, 3.63) is 48.0 Å². The molecule has 2 aliphatic heterocycles. The van der Waals surface area contributed by atoms with Gasteiger partial charge < -0.3 is 29.2 Å². The van der Waals surface area contributed by atoms with Gasteiger partial charge in [0, 0.05) is 61.2 Å². The molecule has 2 amide bonds. The largest absolute Gasteiger partial charge is 0.464 e. The first-order valence-corrected chi connectivity index (χ1v) is 15.5. The molecule has 43 heavy (non-hydrogen) atoms. The molecule has 0 saturated carbocycles. The zero-order valence-electron chi connectivity index (χ0n) is 25.2. The van der Waals surface area contributed by atoms with E-state index in [1.54, 1.807) is 12.5 Å². The Morgan fingerprint density at radius 2 is 1.86 bits per heavy atom. The van der Waals surface area contributed by atoms with Gasteiger partial charge in [-0.3, -0.25) is 4.79 Å². The molecule has 1 aromatic carbocycles. The smallest absolute Gasteiger partial charge is 0.410 e. The number of hydrogen-bond donors (Lipinski definition) is 1. The molecule has 2 fully saturated rings. The second-order valence-electron chi connectivity index (χ2n) is 11.9. The van der Waals surface area contributed by atoms with Gasteiger partial charge in [-0.05, 0) is 83.0 Å². The first-order valence-electron chi connectivity index (χ1n) is 14.7. The molecule has 4 heterocycles. The van der Waals surface area contributed by atoms with E-state index in [4.69, 9.17) is 9.47 Å². The van der Waals surface area contributed by atoms with Crippen molar-refractivity contribution in [3.63, 3.8) is 0 Å². The lowest BCUT2D eigenvalue weighted by molar-refractivity contribution is -0.114. The average molecular weight is 606 g/mol. The summed E-state index contributed by atoms with van der Waals surface area (Å²) >= 11 is 1.18. The van der Waals surface area contributed by atoms with Crippen molar-refractivity contribution in [3.8, 4) is 22.7 Å². The fourth-order valence-corrected chi connectivity index (χ4v) is 5.96. The van der Waals surface area contributed by atoms with Crippen LogP contribution in [0.5, 0.6) is 5.19 Å². The van der Waals surface area contributed by atoms with E-state index < -0.39 is 5.60 Å². The summed E-state index contributed by atoms with van der Waals surface area (Å²) in [7, 11) is 0. The Labute approximate surface area is 256 Å². The molecule has 0 bridgehead atoms. The van der Waals surface area contributed by atoms with E-state index in [1.165, 1.54) is 18.3 Å². The highest BCUT2D eigenvalue weighted by atomic mass is 32.1. The Bertz CT molecular complexity index is 1460. The van der Waals surface area contributed by atoms with Gasteiger partial charge in [-0.2, -0.15) is 0 Å². The van der Waals surface area contributed by atoms with E-state index in [1.807, 2.05) is 48.6 Å². The number of piperidine rings is 2. The van der Waals surface area contributed by atoms with Crippen molar-refractivity contribution in [2.45, 2.75) is 71.6 Å². The molecular weight excluding hydrogens is 566 g/mol. The van der Waals surface area contributed by atoms with Crippen LogP contribution in [0.3, 0.4) is 0 Å². The highest BCUT2D eigenvalue weighted by molar-refractivity contribution is 7.17. The number of carbonyl (C=O) groups excluding carboxylic acids is 2. The van der Waals surface area contributed by atoms with Gasteiger partial charge in [0.15, 0.2) is 0 Å². The van der Waals surface area contributed by atoms with Crippen molar-refractivity contribution < 1.29 is 19.1 Å². The maximum atomic E-state index is 12.4. The fraction of sp³-hybridized carbons (Fsp3) is 0.516. The molecule has 0 atom stereocenters. The van der Waals surface area contributed by atoms with Crippen LogP contribution in [-0.2, 0) is 16.1 Å². The first-order chi connectivity index (χ1) is 20.6. The van der Waals surface area contributed by atoms with Crippen LogP contribution in [0.15, 0.2) is 36.9 Å². The monoisotopic (exact) mass is 605 g/mol. The quantitative estimate of drug-likeness (QED) is 0.402. The predicted molar refractivity (Wildman–Crippen MR) is 164 cm³/mol. The molecule has 0 spiro atoms. The van der Waals surface area contributed by atoms with Gasteiger partial charge in [0.05, 0.1) is 6.33 Å². The van der Waals surface area contributed by atoms with Crippen LogP contribution >= 0.6 is 11.3 Å². The zero-order chi connectivity index (χ0) is 30.4. The lowest BCUT2D eigenvalue weighted by atomic mass is 9.93. The second-order valence-corrected chi connectivity index (χ2v) is 12.9. The van der Waals surface area contributed by atoms with Gasteiger partial charge in [-0.1, -0.05) is 23.0 Å². The number of benzene rings is 1. The zero-order valence-corrected chi connectivity index (χ0v) is 26.0. The van der Waals surface area contributed by atoms with Crippen molar-refractivity contribution in [1.29, 1.82) is 0 Å². The van der Waals surface area contributed by atoms with E-state index in [2.05, 4.69) is 43.3 Å². The Kier molecular flexibility index (Phi) is 9.62. The third-order valence-electron chi connectivity index (χ3n) is 7.51. The Balaban J connectivity index is 1.19. The molecule has 2 saturated heterocycles. The van der Waals surface area contributed by atoms with Crippen LogP contribution < -0.4 is 10.1 Å². The minimum absolute atomic E-state index is 0.204. The molecule has 3 aromatic rings. The SMILES string of the molecule is CC(=O)Nc1nnc(OCc2ccc(-n3ccnc3)cc2C#CC2CCN(C3CCN(C(=O)OC(C)(C)C)CC3)CC2)s1. The summed E-state index contributed by atoms with van der Waals surface area (Å²) in [5.41, 5.74) is 2.35. The van der Waals surface area contributed by atoms with E-state index in [0.717, 1.165) is 68.7 Å². The lowest BCUT2D eigenvalue weighted by Crippen LogP contribution is -2.49. The molecule has 12 heteroatoms. The summed E-state index contributed by atoms with van der Waals surface area (Å²) in [4.78, 5) is 32.3. The molecule has 2 aliphatic rings. The molecule has 228 valence electrons. The molecule has 0 aliphatic carbocycles. The maximum absolute atomic E-state index is 12.4. The summed E-state index contributed by atoms with van der Waals surface area (Å²) in [6, 6.07) is 6.58. The van der Waals surface area contributed by atoms with Gasteiger partial charge in [0.2, 0.25) is 11.0 Å². The lowest BCUT2D eigenvalue weighted by Gasteiger charge is -2.41. The Hall–Kier alpha value is -3.95. The molecular formula is C31H39N7O4S. The van der Waals surface area contributed by atoms with Gasteiger partial charge in [-0.15, -0.1) is 5.10 Å². The third-order valence-corrected chi connectivity index (χ3v) is 8.26. The number of imidazole rings is 1. The number of hydrogen-bond acceptors (Lipinski definition) is 9. The number of aromatic nitrogens is 4. The minimum atomic E-state index is -0.469. The van der Waals surface area contributed by atoms with E-state index in [0.29, 0.717) is 22.3 Å². The summed E-state index contributed by atoms with van der Waals surface area (Å²) in [6.45, 7) is 10.9. The molecule has 11 nitrogen and oxygen atoms in total. The minimum Gasteiger partial charge on any atom is -0.464 e. The summed E-state index contributed by atoms with van der Waals surface area (Å²) in [6.07, 6.45) is 9.19. The Morgan fingerprint density at radius 3 is 2.53 bits per heavy atom. The number of rotatable bonds is 6. The predicted octanol–water partition coefficient (Wildman–Crippen LogP) is 4.72. The van der Waals surface area contributed by atoms with Gasteiger partial charge in [0.1, 0.15) is 12.2 Å². The third kappa shape index (κ3) is 8.55. The maximum Gasteiger partial charge on any atom is 0.410 e. The van der Waals surface area contributed by atoms with Crippen LogP contribution in [0.1, 0.15) is 64.5 Å². The van der Waals surface area contributed by atoms with E-state index in [-0.39, 0.29) is 18.6 Å². The van der Waals surface area contributed by atoms with E-state index >= 15 is 0 Å². The second kappa shape index (κ2) is 13.6. The number of likely N-dealkylation sites (tertiary alicyclic amines) is 2. The Morgan fingerprint density at radius 1 is 1.09 bits per heavy atom. The number of anilines is 1. The summed E-state index contributed by atoms with van der Waals surface area (Å²) in [5, 5.41) is 11.4. The van der Waals surface area contributed by atoms with Crippen molar-refractivity contribution in [2.24, 2.45) is 5.92 Å². The number of amides is 2. The van der Waals surface area contributed by atoms with Gasteiger partial charge >= 0.3 is 6.09 Å². The molecule has 2 aromatic heterocycles. The van der Waals surface area contributed by atoms with Crippen LogP contribution in [0.25, 0.3) is 5.69 Å². The van der Waals surface area contributed by atoms with Crippen LogP contribution in [0.4, 0.5) is 9.93 Å². The van der Waals surface area contributed by atoms with Gasteiger partial charge in [0.25, 0.3) is 5.19 Å². The van der Waals surface area contributed by atoms with Gasteiger partial charge in [-0.25, -0.2) is 9.78 Å². The average Bonchev–Trinajstić information content (AvgIpc) is 3.67. The number of ether oxygens (including phenoxy) is 2. The van der Waals surface area contributed by atoms with Crippen LogP contribution in [0, 0.1) is 17.8 Å². The number of carbonyl (C=O) groups is 2. The highest BCUT2D eigenvalue weighted by Crippen LogP contribution is 2.26. The van der Waals surface area contributed by atoms with Crippen molar-refractivity contribution >= 4 is 28.5 Å². The summed E-state index contributed by atoms with van der Waals surface area (Å²) < 4.78 is 13.4. The molecule has 5 rings (SSSR count). The van der Waals surface area contributed by atoms with Crippen LogP contribution in [0.2, 0.25) is 0 Å². The standard InChI is InChI=1S/C31H39N7O4S/c1-22(39)33-28-34-35-29(43-28)41-20-25-7-8-27(38-18-13-32-21-38)19-24(25)6-5-23-9-14-36(15-10-23)26-11-16-37(17-12-26)30(40)42-31(2,3)4/h7-8,13,18-19,21,23,26H,9-12,14-17,20H2,1-4H3,(H,33,34,39).